The molecule has 0 spiro atoms. The first-order valence-corrected chi connectivity index (χ1v) is 3.45. The number of alkyl halides is 3. The number of carboxylic acid groups (broad SMARTS) is 1. The lowest BCUT2D eigenvalue weighted by molar-refractivity contribution is -0.157. The van der Waals surface area contributed by atoms with Crippen LogP contribution in [0.1, 0.15) is 12.8 Å². The van der Waals surface area contributed by atoms with Crippen LogP contribution in [0.2, 0.25) is 0 Å². The molecule has 0 aromatic rings. The van der Waals surface area contributed by atoms with E-state index in [0.717, 1.165) is 0 Å². The summed E-state index contributed by atoms with van der Waals surface area (Å²) in [7, 11) is 0. The molecule has 0 radical (unpaired) electrons. The molecule has 0 aromatic carbocycles. The van der Waals surface area contributed by atoms with Crippen molar-refractivity contribution >= 4 is 5.97 Å². The highest BCUT2D eigenvalue weighted by atomic mass is 19.4. The van der Waals surface area contributed by atoms with Crippen molar-refractivity contribution in [2.24, 2.45) is 5.73 Å². The number of aliphatic hydroxyl groups is 1. The summed E-state index contributed by atoms with van der Waals surface area (Å²) in [4.78, 5) is 10.1. The first-order valence-electron chi connectivity index (χ1n) is 3.45. The van der Waals surface area contributed by atoms with Crippen LogP contribution in [0.25, 0.3) is 0 Å². The number of aliphatic hydroxyl groups excluding tert-OH is 1. The number of hydrogen-bond donors (Lipinski definition) is 3. The third-order valence-corrected chi connectivity index (χ3v) is 1.31. The van der Waals surface area contributed by atoms with Crippen molar-refractivity contribution in [3.8, 4) is 0 Å². The third kappa shape index (κ3) is 6.35. The van der Waals surface area contributed by atoms with Gasteiger partial charge in [0.2, 0.25) is 0 Å². The van der Waals surface area contributed by atoms with Gasteiger partial charge in [-0.15, -0.1) is 0 Å². The molecule has 13 heavy (non-hydrogen) atoms. The molecule has 4 N–H and O–H groups in total. The molecule has 4 nitrogen and oxygen atoms in total. The number of rotatable bonds is 4. The lowest BCUT2D eigenvalue weighted by Gasteiger charge is -2.14. The SMILES string of the molecule is N[C@H](CC(O)CC(F)(F)F)C(=O)O. The zero-order valence-electron chi connectivity index (χ0n) is 6.58. The number of carbonyl (C=O) groups is 1. The lowest BCUT2D eigenvalue weighted by atomic mass is 10.1. The van der Waals surface area contributed by atoms with Crippen molar-refractivity contribution in [2.45, 2.75) is 31.2 Å². The van der Waals surface area contributed by atoms with Gasteiger partial charge in [0, 0.05) is 0 Å². The van der Waals surface area contributed by atoms with Gasteiger partial charge in [-0.25, -0.2) is 0 Å². The van der Waals surface area contributed by atoms with Gasteiger partial charge in [0.1, 0.15) is 6.04 Å². The Morgan fingerprint density at radius 3 is 2.23 bits per heavy atom. The van der Waals surface area contributed by atoms with E-state index in [1.54, 1.807) is 0 Å². The van der Waals surface area contributed by atoms with Gasteiger partial charge in [0.15, 0.2) is 0 Å². The second kappa shape index (κ2) is 4.43. The van der Waals surface area contributed by atoms with Gasteiger partial charge in [-0.2, -0.15) is 13.2 Å². The Kier molecular flexibility index (Phi) is 4.15. The van der Waals surface area contributed by atoms with Crippen LogP contribution < -0.4 is 5.73 Å². The predicted molar refractivity (Wildman–Crippen MR) is 36.9 cm³/mol. The second-order valence-corrected chi connectivity index (χ2v) is 2.65. The van der Waals surface area contributed by atoms with Crippen LogP contribution in [-0.2, 0) is 4.79 Å². The van der Waals surface area contributed by atoms with Crippen molar-refractivity contribution in [3.05, 3.63) is 0 Å². The standard InChI is InChI=1S/C6H10F3NO3/c7-6(8,9)2-3(11)1-4(10)5(12)13/h3-4,11H,1-2,10H2,(H,12,13)/t3?,4-/m1/s1. The normalized spacial score (nSPS) is 16.7. The molecule has 0 aliphatic heterocycles. The fraction of sp³-hybridized carbons (Fsp3) is 0.833. The Morgan fingerprint density at radius 2 is 1.92 bits per heavy atom. The van der Waals surface area contributed by atoms with E-state index < -0.39 is 37.1 Å². The number of nitrogens with two attached hydrogens (primary N) is 1. The summed E-state index contributed by atoms with van der Waals surface area (Å²) >= 11 is 0. The smallest absolute Gasteiger partial charge is 0.391 e. The topological polar surface area (TPSA) is 83.5 Å². The highest BCUT2D eigenvalue weighted by molar-refractivity contribution is 5.73. The molecule has 0 amide bonds. The Morgan fingerprint density at radius 1 is 1.46 bits per heavy atom. The molecule has 0 heterocycles. The first-order chi connectivity index (χ1) is 5.72. The summed E-state index contributed by atoms with van der Waals surface area (Å²) in [6, 6.07) is -1.46. The maximum atomic E-state index is 11.6. The minimum atomic E-state index is -4.50. The molecule has 0 aliphatic carbocycles. The average molecular weight is 201 g/mol. The van der Waals surface area contributed by atoms with Crippen molar-refractivity contribution in [3.63, 3.8) is 0 Å². The minimum Gasteiger partial charge on any atom is -0.480 e. The van der Waals surface area contributed by atoms with Gasteiger partial charge in [-0.3, -0.25) is 4.79 Å². The fourth-order valence-electron chi connectivity index (χ4n) is 0.744. The van der Waals surface area contributed by atoms with E-state index in [1.165, 1.54) is 0 Å². The van der Waals surface area contributed by atoms with Crippen molar-refractivity contribution in [2.75, 3.05) is 0 Å². The van der Waals surface area contributed by atoms with Crippen LogP contribution in [0.4, 0.5) is 13.2 Å². The van der Waals surface area contributed by atoms with E-state index >= 15 is 0 Å². The highest BCUT2D eigenvalue weighted by Crippen LogP contribution is 2.22. The number of carboxylic acids is 1. The van der Waals surface area contributed by atoms with E-state index in [9.17, 15) is 18.0 Å². The van der Waals surface area contributed by atoms with Crippen molar-refractivity contribution in [1.82, 2.24) is 0 Å². The molecule has 0 bridgehead atoms. The Labute approximate surface area is 72.2 Å². The van der Waals surface area contributed by atoms with Gasteiger partial charge >= 0.3 is 12.1 Å². The summed E-state index contributed by atoms with van der Waals surface area (Å²) < 4.78 is 34.8. The molecule has 0 fully saturated rings. The Balaban J connectivity index is 3.88. The van der Waals surface area contributed by atoms with E-state index in [4.69, 9.17) is 15.9 Å². The first kappa shape index (κ1) is 12.2. The molecule has 1 unspecified atom stereocenters. The molecule has 78 valence electrons. The van der Waals surface area contributed by atoms with Gasteiger partial charge in [0.25, 0.3) is 0 Å². The number of aliphatic carboxylic acids is 1. The monoisotopic (exact) mass is 201 g/mol. The minimum absolute atomic E-state index is 0.602. The maximum absolute atomic E-state index is 11.6. The average Bonchev–Trinajstić information content (AvgIpc) is 1.81. The molecule has 0 rings (SSSR count). The van der Waals surface area contributed by atoms with E-state index in [1.807, 2.05) is 0 Å². The van der Waals surface area contributed by atoms with E-state index in [2.05, 4.69) is 0 Å². The number of hydrogen-bond acceptors (Lipinski definition) is 3. The lowest BCUT2D eigenvalue weighted by Crippen LogP contribution is -2.35. The van der Waals surface area contributed by atoms with Crippen LogP contribution in [0.3, 0.4) is 0 Å². The summed E-state index contributed by atoms with van der Waals surface area (Å²) in [6.07, 6.45) is -8.30. The van der Waals surface area contributed by atoms with E-state index in [0.29, 0.717) is 0 Å². The van der Waals surface area contributed by atoms with Gasteiger partial charge < -0.3 is 15.9 Å². The second-order valence-electron chi connectivity index (χ2n) is 2.65. The quantitative estimate of drug-likeness (QED) is 0.602. The van der Waals surface area contributed by atoms with Crippen LogP contribution in [0.5, 0.6) is 0 Å². The number of halogens is 3. The molecule has 0 saturated heterocycles. The van der Waals surface area contributed by atoms with Gasteiger partial charge in [-0.05, 0) is 6.42 Å². The molecule has 0 aliphatic rings. The van der Waals surface area contributed by atoms with Crippen molar-refractivity contribution in [1.29, 1.82) is 0 Å². The van der Waals surface area contributed by atoms with Crippen LogP contribution >= 0.6 is 0 Å². The zero-order chi connectivity index (χ0) is 10.6. The largest absolute Gasteiger partial charge is 0.480 e. The summed E-state index contributed by atoms with van der Waals surface area (Å²) in [6.45, 7) is 0. The highest BCUT2D eigenvalue weighted by Gasteiger charge is 2.32. The van der Waals surface area contributed by atoms with Crippen LogP contribution in [0.15, 0.2) is 0 Å². The molecular weight excluding hydrogens is 191 g/mol. The molecule has 2 atom stereocenters. The predicted octanol–water partition coefficient (Wildman–Crippen LogP) is 0.102. The molecule has 0 saturated carbocycles. The van der Waals surface area contributed by atoms with Gasteiger partial charge in [-0.1, -0.05) is 0 Å². The molecule has 7 heteroatoms. The molecular formula is C6H10F3NO3. The summed E-state index contributed by atoms with van der Waals surface area (Å²) in [5.74, 6) is -1.43. The van der Waals surface area contributed by atoms with Crippen LogP contribution in [0, 0.1) is 0 Å². The van der Waals surface area contributed by atoms with Crippen molar-refractivity contribution < 1.29 is 28.2 Å². The maximum Gasteiger partial charge on any atom is 0.391 e. The Bertz CT molecular complexity index is 182. The molecule has 0 aromatic heterocycles. The van der Waals surface area contributed by atoms with Crippen LogP contribution in [-0.4, -0.2) is 34.5 Å². The van der Waals surface area contributed by atoms with Gasteiger partial charge in [0.05, 0.1) is 12.5 Å². The summed E-state index contributed by atoms with van der Waals surface area (Å²) in [5, 5.41) is 17.0. The zero-order valence-corrected chi connectivity index (χ0v) is 6.58. The Hall–Kier alpha value is -0.820. The summed E-state index contributed by atoms with van der Waals surface area (Å²) in [5.41, 5.74) is 4.91. The van der Waals surface area contributed by atoms with E-state index in [-0.39, 0.29) is 0 Å². The fourth-order valence-corrected chi connectivity index (χ4v) is 0.744. The third-order valence-electron chi connectivity index (χ3n) is 1.31.